The van der Waals surface area contributed by atoms with E-state index in [1.165, 1.54) is 16.7 Å². The molecular formula is C29H32N4O. The highest BCUT2D eigenvalue weighted by atomic mass is 16.2. The molecule has 0 unspecified atom stereocenters. The van der Waals surface area contributed by atoms with Gasteiger partial charge in [-0.25, -0.2) is 9.97 Å². The summed E-state index contributed by atoms with van der Waals surface area (Å²) in [5, 5.41) is 0. The predicted octanol–water partition coefficient (Wildman–Crippen LogP) is 4.99. The summed E-state index contributed by atoms with van der Waals surface area (Å²) in [6.45, 7) is 5.67. The molecule has 3 heterocycles. The molecule has 2 aromatic carbocycles. The van der Waals surface area contributed by atoms with E-state index in [9.17, 15) is 4.79 Å². The summed E-state index contributed by atoms with van der Waals surface area (Å²) in [4.78, 5) is 28.1. The largest absolute Gasteiger partial charge is 0.341 e. The van der Waals surface area contributed by atoms with E-state index in [2.05, 4.69) is 66.4 Å². The van der Waals surface area contributed by atoms with Crippen LogP contribution in [0.2, 0.25) is 0 Å². The third kappa shape index (κ3) is 3.77. The Labute approximate surface area is 201 Å². The number of benzene rings is 2. The molecule has 5 heteroatoms. The van der Waals surface area contributed by atoms with E-state index >= 15 is 0 Å². The number of anilines is 1. The average molecular weight is 453 g/mol. The third-order valence-corrected chi connectivity index (χ3v) is 8.02. The van der Waals surface area contributed by atoms with Gasteiger partial charge in [-0.05, 0) is 54.7 Å². The van der Waals surface area contributed by atoms with Gasteiger partial charge < -0.3 is 9.80 Å². The lowest BCUT2D eigenvalue weighted by Crippen LogP contribution is -2.38. The highest BCUT2D eigenvalue weighted by Gasteiger charge is 2.50. The standard InChI is InChI=1S/C29H32N4O/c1-21-11-16-32(17-12-21)28-30-19-25(26(31-28)29(14-15-29)24-9-3-2-4-10-24)27(34)33-18-13-22-7-5-6-8-23(22)20-33/h2-10,19,21H,11-18,20H2,1H3. The minimum absolute atomic E-state index is 0.0607. The third-order valence-electron chi connectivity index (χ3n) is 8.02. The molecule has 2 aliphatic heterocycles. The lowest BCUT2D eigenvalue weighted by Gasteiger charge is -2.32. The summed E-state index contributed by atoms with van der Waals surface area (Å²) in [7, 11) is 0. The summed E-state index contributed by atoms with van der Waals surface area (Å²) >= 11 is 0. The molecule has 1 saturated heterocycles. The van der Waals surface area contributed by atoms with Crippen LogP contribution in [0, 0.1) is 5.92 Å². The van der Waals surface area contributed by atoms with Crippen molar-refractivity contribution in [2.75, 3.05) is 24.5 Å². The molecule has 0 spiro atoms. The van der Waals surface area contributed by atoms with Gasteiger partial charge in [-0.2, -0.15) is 0 Å². The Morgan fingerprint density at radius 2 is 1.65 bits per heavy atom. The van der Waals surface area contributed by atoms with Crippen molar-refractivity contribution >= 4 is 11.9 Å². The van der Waals surface area contributed by atoms with Gasteiger partial charge in [0.25, 0.3) is 5.91 Å². The van der Waals surface area contributed by atoms with E-state index < -0.39 is 0 Å². The van der Waals surface area contributed by atoms with Gasteiger partial charge in [0.1, 0.15) is 0 Å². The van der Waals surface area contributed by atoms with Gasteiger partial charge in [-0.1, -0.05) is 61.5 Å². The maximum absolute atomic E-state index is 13.9. The first-order valence-electron chi connectivity index (χ1n) is 12.7. The second kappa shape index (κ2) is 8.53. The number of aromatic nitrogens is 2. The molecule has 1 saturated carbocycles. The molecule has 0 bridgehead atoms. The van der Waals surface area contributed by atoms with E-state index in [1.54, 1.807) is 0 Å². The van der Waals surface area contributed by atoms with Gasteiger partial charge in [-0.3, -0.25) is 4.79 Å². The zero-order valence-corrected chi connectivity index (χ0v) is 19.9. The molecule has 6 rings (SSSR count). The maximum atomic E-state index is 13.9. The van der Waals surface area contributed by atoms with Gasteiger partial charge >= 0.3 is 0 Å². The minimum atomic E-state index is -0.180. The Morgan fingerprint density at radius 1 is 0.941 bits per heavy atom. The van der Waals surface area contributed by atoms with Crippen LogP contribution in [-0.4, -0.2) is 40.4 Å². The number of fused-ring (bicyclic) bond motifs is 1. The summed E-state index contributed by atoms with van der Waals surface area (Å²) in [6.07, 6.45) is 7.08. The Hall–Kier alpha value is -3.21. The fourth-order valence-electron chi connectivity index (χ4n) is 5.64. The average Bonchev–Trinajstić information content (AvgIpc) is 3.71. The van der Waals surface area contributed by atoms with Crippen LogP contribution in [0.1, 0.15) is 65.3 Å². The van der Waals surface area contributed by atoms with Crippen LogP contribution >= 0.6 is 0 Å². The molecule has 0 N–H and O–H groups in total. The smallest absolute Gasteiger partial charge is 0.257 e. The number of hydrogen-bond donors (Lipinski definition) is 0. The molecule has 174 valence electrons. The number of carbonyl (C=O) groups is 1. The van der Waals surface area contributed by atoms with Crippen LogP contribution < -0.4 is 4.90 Å². The number of hydrogen-bond acceptors (Lipinski definition) is 4. The lowest BCUT2D eigenvalue weighted by molar-refractivity contribution is 0.0732. The highest BCUT2D eigenvalue weighted by Crippen LogP contribution is 2.54. The topological polar surface area (TPSA) is 49.3 Å². The number of carbonyl (C=O) groups excluding carboxylic acids is 1. The quantitative estimate of drug-likeness (QED) is 0.560. The Balaban J connectivity index is 1.38. The zero-order chi connectivity index (χ0) is 23.1. The Morgan fingerprint density at radius 3 is 2.38 bits per heavy atom. The minimum Gasteiger partial charge on any atom is -0.341 e. The lowest BCUT2D eigenvalue weighted by atomic mass is 9.89. The van der Waals surface area contributed by atoms with Crippen molar-refractivity contribution in [2.24, 2.45) is 5.92 Å². The number of piperidine rings is 1. The predicted molar refractivity (Wildman–Crippen MR) is 134 cm³/mol. The van der Waals surface area contributed by atoms with Gasteiger partial charge in [0.05, 0.1) is 11.3 Å². The summed E-state index contributed by atoms with van der Waals surface area (Å²) in [5.41, 5.74) is 5.26. The second-order valence-electron chi connectivity index (χ2n) is 10.3. The fourth-order valence-corrected chi connectivity index (χ4v) is 5.64. The molecule has 1 amide bonds. The van der Waals surface area contributed by atoms with Crippen LogP contribution in [0.4, 0.5) is 5.95 Å². The van der Waals surface area contributed by atoms with Crippen molar-refractivity contribution in [1.29, 1.82) is 0 Å². The molecule has 1 aromatic heterocycles. The number of amides is 1. The molecule has 34 heavy (non-hydrogen) atoms. The van der Waals surface area contributed by atoms with E-state index in [0.29, 0.717) is 12.1 Å². The number of nitrogens with zero attached hydrogens (tertiary/aromatic N) is 4. The first kappa shape index (κ1) is 21.3. The highest BCUT2D eigenvalue weighted by molar-refractivity contribution is 5.96. The van der Waals surface area contributed by atoms with Gasteiger partial charge in [0.2, 0.25) is 5.95 Å². The van der Waals surface area contributed by atoms with Gasteiger partial charge in [0.15, 0.2) is 0 Å². The molecule has 0 radical (unpaired) electrons. The van der Waals surface area contributed by atoms with Crippen molar-refractivity contribution in [1.82, 2.24) is 14.9 Å². The first-order chi connectivity index (χ1) is 16.6. The summed E-state index contributed by atoms with van der Waals surface area (Å²) in [6, 6.07) is 19.1. The second-order valence-corrected chi connectivity index (χ2v) is 10.3. The molecule has 3 aliphatic rings. The SMILES string of the molecule is CC1CCN(c2ncc(C(=O)N3CCc4ccccc4C3)c(C3(c4ccccc4)CC3)n2)CC1. The first-order valence-corrected chi connectivity index (χ1v) is 12.7. The summed E-state index contributed by atoms with van der Waals surface area (Å²) < 4.78 is 0. The van der Waals surface area contributed by atoms with Gasteiger partial charge in [0, 0.05) is 37.8 Å². The van der Waals surface area contributed by atoms with Crippen molar-refractivity contribution in [3.63, 3.8) is 0 Å². The molecule has 0 atom stereocenters. The van der Waals surface area contributed by atoms with Crippen molar-refractivity contribution in [2.45, 2.75) is 51.0 Å². The normalized spacial score (nSPS) is 19.6. The van der Waals surface area contributed by atoms with E-state index in [4.69, 9.17) is 9.97 Å². The Bertz CT molecular complexity index is 1200. The van der Waals surface area contributed by atoms with Crippen LogP contribution in [0.3, 0.4) is 0 Å². The van der Waals surface area contributed by atoms with Crippen molar-refractivity contribution in [3.8, 4) is 0 Å². The van der Waals surface area contributed by atoms with E-state index in [0.717, 1.165) is 69.3 Å². The van der Waals surface area contributed by atoms with Crippen molar-refractivity contribution in [3.05, 3.63) is 88.7 Å². The fraction of sp³-hybridized carbons (Fsp3) is 0.414. The van der Waals surface area contributed by atoms with Crippen molar-refractivity contribution < 1.29 is 4.79 Å². The van der Waals surface area contributed by atoms with E-state index in [-0.39, 0.29) is 11.3 Å². The molecule has 2 fully saturated rings. The van der Waals surface area contributed by atoms with Crippen LogP contribution in [0.5, 0.6) is 0 Å². The van der Waals surface area contributed by atoms with Crippen LogP contribution in [0.25, 0.3) is 0 Å². The Kier molecular flexibility index (Phi) is 5.35. The molecule has 3 aromatic rings. The van der Waals surface area contributed by atoms with Crippen LogP contribution in [0.15, 0.2) is 60.8 Å². The molecular weight excluding hydrogens is 420 g/mol. The van der Waals surface area contributed by atoms with Gasteiger partial charge in [-0.15, -0.1) is 0 Å². The molecule has 1 aliphatic carbocycles. The zero-order valence-electron chi connectivity index (χ0n) is 19.9. The maximum Gasteiger partial charge on any atom is 0.257 e. The van der Waals surface area contributed by atoms with Crippen LogP contribution in [-0.2, 0) is 18.4 Å². The summed E-state index contributed by atoms with van der Waals surface area (Å²) in [5.74, 6) is 1.59. The van der Waals surface area contributed by atoms with E-state index in [1.807, 2.05) is 11.1 Å². The monoisotopic (exact) mass is 452 g/mol. The molecule has 5 nitrogen and oxygen atoms in total. The number of rotatable bonds is 4.